The van der Waals surface area contributed by atoms with Crippen molar-refractivity contribution in [1.82, 2.24) is 9.97 Å². The van der Waals surface area contributed by atoms with Crippen LogP contribution in [0, 0.1) is 6.92 Å². The molecule has 0 saturated heterocycles. The molecule has 0 amide bonds. The summed E-state index contributed by atoms with van der Waals surface area (Å²) in [6.45, 7) is 4.11. The van der Waals surface area contributed by atoms with Crippen molar-refractivity contribution < 1.29 is 4.74 Å². The Hall–Kier alpha value is -1.90. The third kappa shape index (κ3) is 2.28. The van der Waals surface area contributed by atoms with Gasteiger partial charge in [-0.1, -0.05) is 6.92 Å². The Balaban J connectivity index is 2.56. The monoisotopic (exact) mass is 228 g/mol. The summed E-state index contributed by atoms with van der Waals surface area (Å²) in [5, 5.41) is 0. The molecule has 0 radical (unpaired) electrons. The third-order valence-electron chi connectivity index (χ3n) is 2.83. The minimum Gasteiger partial charge on any atom is -0.497 e. The lowest BCUT2D eigenvalue weighted by molar-refractivity contribution is 0.414. The smallest absolute Gasteiger partial charge is 0.119 e. The molecule has 0 aliphatic heterocycles. The van der Waals surface area contributed by atoms with Crippen molar-refractivity contribution in [3.05, 3.63) is 41.9 Å². The second-order valence-corrected chi connectivity index (χ2v) is 3.87. The van der Waals surface area contributed by atoms with Crippen LogP contribution in [-0.2, 0) is 6.42 Å². The normalized spacial score (nSPS) is 10.3. The molecule has 1 heterocycles. The van der Waals surface area contributed by atoms with Crippen molar-refractivity contribution in [1.29, 1.82) is 0 Å². The molecule has 0 fully saturated rings. The summed E-state index contributed by atoms with van der Waals surface area (Å²) in [4.78, 5) is 8.69. The molecule has 0 spiro atoms. The molecule has 2 aromatic rings. The molecule has 0 bridgehead atoms. The zero-order valence-electron chi connectivity index (χ0n) is 10.4. The highest BCUT2D eigenvalue weighted by molar-refractivity contribution is 5.66. The minimum absolute atomic E-state index is 0.882. The van der Waals surface area contributed by atoms with Gasteiger partial charge < -0.3 is 4.74 Å². The Labute approximate surface area is 102 Å². The van der Waals surface area contributed by atoms with Crippen molar-refractivity contribution in [2.24, 2.45) is 0 Å². The lowest BCUT2D eigenvalue weighted by atomic mass is 10.0. The summed E-state index contributed by atoms with van der Waals surface area (Å²) >= 11 is 0. The fourth-order valence-corrected chi connectivity index (χ4v) is 1.89. The predicted molar refractivity (Wildman–Crippen MR) is 68.1 cm³/mol. The number of methoxy groups -OCH3 is 1. The highest BCUT2D eigenvalue weighted by atomic mass is 16.5. The van der Waals surface area contributed by atoms with E-state index in [1.54, 1.807) is 19.5 Å². The van der Waals surface area contributed by atoms with Crippen LogP contribution < -0.4 is 4.74 Å². The molecule has 0 aliphatic rings. The number of rotatable bonds is 3. The number of aromatic nitrogens is 2. The number of hydrogen-bond acceptors (Lipinski definition) is 3. The fourth-order valence-electron chi connectivity index (χ4n) is 1.89. The molecular weight excluding hydrogens is 212 g/mol. The number of ether oxygens (including phenoxy) is 1. The van der Waals surface area contributed by atoms with Crippen LogP contribution >= 0.6 is 0 Å². The van der Waals surface area contributed by atoms with Gasteiger partial charge in [0.05, 0.1) is 18.5 Å². The van der Waals surface area contributed by atoms with Gasteiger partial charge in [-0.05, 0) is 37.1 Å². The first-order valence-corrected chi connectivity index (χ1v) is 5.71. The lowest BCUT2D eigenvalue weighted by Gasteiger charge is -2.10. The highest BCUT2D eigenvalue weighted by Crippen LogP contribution is 2.27. The average Bonchev–Trinajstić information content (AvgIpc) is 2.38. The summed E-state index contributed by atoms with van der Waals surface area (Å²) in [6.07, 6.45) is 4.39. The molecule has 3 nitrogen and oxygen atoms in total. The van der Waals surface area contributed by atoms with Gasteiger partial charge in [0, 0.05) is 18.0 Å². The lowest BCUT2D eigenvalue weighted by Crippen LogP contribution is -1.96. The average molecular weight is 228 g/mol. The highest BCUT2D eigenvalue weighted by Gasteiger charge is 2.09. The van der Waals surface area contributed by atoms with Crippen LogP contribution in [0.3, 0.4) is 0 Å². The van der Waals surface area contributed by atoms with Crippen molar-refractivity contribution in [2.45, 2.75) is 20.3 Å². The van der Waals surface area contributed by atoms with Crippen LogP contribution in [0.1, 0.15) is 18.2 Å². The summed E-state index contributed by atoms with van der Waals surface area (Å²) in [5.74, 6) is 0.882. The molecule has 2 rings (SSSR count). The first kappa shape index (κ1) is 11.6. The van der Waals surface area contributed by atoms with Gasteiger partial charge in [0.1, 0.15) is 5.75 Å². The van der Waals surface area contributed by atoms with Crippen LogP contribution in [0.25, 0.3) is 11.3 Å². The van der Waals surface area contributed by atoms with Crippen molar-refractivity contribution in [3.8, 4) is 17.0 Å². The largest absolute Gasteiger partial charge is 0.497 e. The maximum absolute atomic E-state index is 5.24. The summed E-state index contributed by atoms with van der Waals surface area (Å²) in [5.41, 5.74) is 4.27. The maximum Gasteiger partial charge on any atom is 0.119 e. The van der Waals surface area contributed by atoms with Gasteiger partial charge in [-0.2, -0.15) is 0 Å². The first-order valence-electron chi connectivity index (χ1n) is 5.71. The van der Waals surface area contributed by atoms with E-state index in [0.717, 1.165) is 29.1 Å². The Morgan fingerprint density at radius 2 is 1.94 bits per heavy atom. The maximum atomic E-state index is 5.24. The standard InChI is InChI=1S/C14H16N2O/c1-4-11-9-12(17-3)5-6-13(11)14-10(2)15-7-8-16-14/h5-9H,4H2,1-3H3. The van der Waals surface area contributed by atoms with E-state index in [9.17, 15) is 0 Å². The minimum atomic E-state index is 0.882. The molecule has 0 atom stereocenters. The molecule has 88 valence electrons. The quantitative estimate of drug-likeness (QED) is 0.810. The van der Waals surface area contributed by atoms with E-state index in [1.165, 1.54) is 5.56 Å². The van der Waals surface area contributed by atoms with E-state index in [2.05, 4.69) is 29.0 Å². The molecule has 3 heteroatoms. The van der Waals surface area contributed by atoms with Gasteiger partial charge in [0.2, 0.25) is 0 Å². The third-order valence-corrected chi connectivity index (χ3v) is 2.83. The van der Waals surface area contributed by atoms with Crippen LogP contribution in [0.2, 0.25) is 0 Å². The van der Waals surface area contributed by atoms with Gasteiger partial charge in [-0.25, -0.2) is 0 Å². The SMILES string of the molecule is CCc1cc(OC)ccc1-c1nccnc1C. The van der Waals surface area contributed by atoms with Crippen molar-refractivity contribution in [3.63, 3.8) is 0 Å². The zero-order valence-corrected chi connectivity index (χ0v) is 10.4. The van der Waals surface area contributed by atoms with E-state index in [0.29, 0.717) is 0 Å². The topological polar surface area (TPSA) is 35.0 Å². The molecule has 0 N–H and O–H groups in total. The molecular formula is C14H16N2O. The number of aryl methyl sites for hydroxylation is 2. The Kier molecular flexibility index (Phi) is 3.38. The van der Waals surface area contributed by atoms with Gasteiger partial charge in [-0.15, -0.1) is 0 Å². The fraction of sp³-hybridized carbons (Fsp3) is 0.286. The number of nitrogens with zero attached hydrogens (tertiary/aromatic N) is 2. The molecule has 0 saturated carbocycles. The molecule has 0 aliphatic carbocycles. The van der Waals surface area contributed by atoms with Gasteiger partial charge >= 0.3 is 0 Å². The number of hydrogen-bond donors (Lipinski definition) is 0. The predicted octanol–water partition coefficient (Wildman–Crippen LogP) is 3.02. The first-order chi connectivity index (χ1) is 8.26. The molecule has 17 heavy (non-hydrogen) atoms. The Morgan fingerprint density at radius 1 is 1.18 bits per heavy atom. The second-order valence-electron chi connectivity index (χ2n) is 3.87. The van der Waals surface area contributed by atoms with Crippen molar-refractivity contribution in [2.75, 3.05) is 7.11 Å². The van der Waals surface area contributed by atoms with Crippen LogP contribution in [-0.4, -0.2) is 17.1 Å². The van der Waals surface area contributed by atoms with E-state index in [1.807, 2.05) is 13.0 Å². The van der Waals surface area contributed by atoms with Crippen LogP contribution in [0.4, 0.5) is 0 Å². The van der Waals surface area contributed by atoms with Crippen molar-refractivity contribution >= 4 is 0 Å². The summed E-state index contributed by atoms with van der Waals surface area (Å²) in [6, 6.07) is 6.07. The van der Waals surface area contributed by atoms with Gasteiger partial charge in [0.25, 0.3) is 0 Å². The molecule has 1 aromatic heterocycles. The summed E-state index contributed by atoms with van der Waals surface area (Å²) < 4.78 is 5.24. The zero-order chi connectivity index (χ0) is 12.3. The van der Waals surface area contributed by atoms with Gasteiger partial charge in [0.15, 0.2) is 0 Å². The van der Waals surface area contributed by atoms with Crippen LogP contribution in [0.15, 0.2) is 30.6 Å². The molecule has 0 unspecified atom stereocenters. The van der Waals surface area contributed by atoms with E-state index >= 15 is 0 Å². The summed E-state index contributed by atoms with van der Waals surface area (Å²) in [7, 11) is 1.68. The van der Waals surface area contributed by atoms with Gasteiger partial charge in [-0.3, -0.25) is 9.97 Å². The second kappa shape index (κ2) is 4.95. The number of benzene rings is 1. The van der Waals surface area contributed by atoms with E-state index in [-0.39, 0.29) is 0 Å². The Bertz CT molecular complexity index is 523. The van der Waals surface area contributed by atoms with E-state index < -0.39 is 0 Å². The van der Waals surface area contributed by atoms with Crippen LogP contribution in [0.5, 0.6) is 5.75 Å². The Morgan fingerprint density at radius 3 is 2.59 bits per heavy atom. The molecule has 1 aromatic carbocycles. The van der Waals surface area contributed by atoms with E-state index in [4.69, 9.17) is 4.74 Å².